The summed E-state index contributed by atoms with van der Waals surface area (Å²) in [6.45, 7) is 1.93. The minimum absolute atomic E-state index is 0.444. The largest absolute Gasteiger partial charge is 0.417 e. The van der Waals surface area contributed by atoms with Gasteiger partial charge in [-0.15, -0.1) is 0 Å². The second-order valence-electron chi connectivity index (χ2n) is 4.66. The summed E-state index contributed by atoms with van der Waals surface area (Å²) >= 11 is 0. The van der Waals surface area contributed by atoms with E-state index < -0.39 is 6.09 Å². The summed E-state index contributed by atoms with van der Waals surface area (Å²) in [5.41, 5.74) is 2.38. The monoisotopic (exact) mass is 278 g/mol. The number of aryl methyl sites for hydroxylation is 1. The highest BCUT2D eigenvalue weighted by Gasteiger charge is 2.09. The van der Waals surface area contributed by atoms with Crippen LogP contribution in [0.25, 0.3) is 10.9 Å². The number of rotatable bonds is 2. The summed E-state index contributed by atoms with van der Waals surface area (Å²) in [5.74, 6) is 0.444. The Labute approximate surface area is 122 Å². The molecule has 0 saturated carbocycles. The van der Waals surface area contributed by atoms with Gasteiger partial charge in [0.1, 0.15) is 5.52 Å². The van der Waals surface area contributed by atoms with Crippen LogP contribution in [-0.4, -0.2) is 11.1 Å². The highest BCUT2D eigenvalue weighted by molar-refractivity contribution is 5.91. The first-order valence-corrected chi connectivity index (χ1v) is 6.62. The molecule has 1 amide bonds. The lowest BCUT2D eigenvalue weighted by Gasteiger charge is -2.09. The predicted molar refractivity (Wildman–Crippen MR) is 82.6 cm³/mol. The van der Waals surface area contributed by atoms with Crippen LogP contribution >= 0.6 is 0 Å². The molecule has 0 aliphatic heterocycles. The fourth-order valence-corrected chi connectivity index (χ4v) is 2.11. The molecule has 0 spiro atoms. The molecular weight excluding hydrogens is 264 g/mol. The summed E-state index contributed by atoms with van der Waals surface area (Å²) in [7, 11) is 0. The van der Waals surface area contributed by atoms with E-state index in [2.05, 4.69) is 10.3 Å². The molecule has 2 aromatic carbocycles. The van der Waals surface area contributed by atoms with E-state index in [1.807, 2.05) is 55.5 Å². The van der Waals surface area contributed by atoms with Crippen molar-refractivity contribution in [1.82, 2.24) is 4.98 Å². The van der Waals surface area contributed by atoms with Crippen molar-refractivity contribution in [2.75, 3.05) is 5.32 Å². The standard InChI is InChI=1S/C17H14N2O2/c1-12-6-2-3-9-14(12)19-17(20)21-15-10-4-7-13-8-5-11-18-16(13)15/h2-11H,1H3,(H,19,20). The van der Waals surface area contributed by atoms with E-state index in [0.717, 1.165) is 16.6 Å². The van der Waals surface area contributed by atoms with Crippen molar-refractivity contribution in [3.05, 3.63) is 66.4 Å². The van der Waals surface area contributed by atoms with Gasteiger partial charge in [0.25, 0.3) is 0 Å². The van der Waals surface area contributed by atoms with Crippen molar-refractivity contribution in [2.45, 2.75) is 6.92 Å². The van der Waals surface area contributed by atoms with Gasteiger partial charge in [-0.05, 0) is 30.7 Å². The Bertz CT molecular complexity index is 794. The lowest BCUT2D eigenvalue weighted by Crippen LogP contribution is -2.17. The van der Waals surface area contributed by atoms with Gasteiger partial charge < -0.3 is 4.74 Å². The van der Waals surface area contributed by atoms with E-state index in [4.69, 9.17) is 4.74 Å². The van der Waals surface area contributed by atoms with Crippen molar-refractivity contribution in [3.63, 3.8) is 0 Å². The van der Waals surface area contributed by atoms with E-state index in [0.29, 0.717) is 11.3 Å². The fraction of sp³-hybridized carbons (Fsp3) is 0.0588. The average Bonchev–Trinajstić information content (AvgIpc) is 2.50. The Kier molecular flexibility index (Phi) is 3.51. The molecule has 0 radical (unpaired) electrons. The summed E-state index contributed by atoms with van der Waals surface area (Å²) in [5, 5.41) is 3.66. The number of carbonyl (C=O) groups is 1. The molecule has 4 nitrogen and oxygen atoms in total. The number of hydrogen-bond acceptors (Lipinski definition) is 3. The second kappa shape index (κ2) is 5.63. The van der Waals surface area contributed by atoms with E-state index >= 15 is 0 Å². The molecule has 3 aromatic rings. The second-order valence-corrected chi connectivity index (χ2v) is 4.66. The number of amides is 1. The van der Waals surface area contributed by atoms with Crippen molar-refractivity contribution in [1.29, 1.82) is 0 Å². The Morgan fingerprint density at radius 2 is 1.86 bits per heavy atom. The summed E-state index contributed by atoms with van der Waals surface area (Å²) < 4.78 is 5.37. The molecule has 0 bridgehead atoms. The first-order valence-electron chi connectivity index (χ1n) is 6.62. The maximum Gasteiger partial charge on any atom is 0.417 e. The molecule has 3 rings (SSSR count). The SMILES string of the molecule is Cc1ccccc1NC(=O)Oc1cccc2cccnc12. The number of aromatic nitrogens is 1. The van der Waals surface area contributed by atoms with Crippen LogP contribution in [0.15, 0.2) is 60.8 Å². The zero-order chi connectivity index (χ0) is 14.7. The lowest BCUT2D eigenvalue weighted by molar-refractivity contribution is 0.215. The third kappa shape index (κ3) is 2.84. The van der Waals surface area contributed by atoms with Crippen LogP contribution in [0.5, 0.6) is 5.75 Å². The highest BCUT2D eigenvalue weighted by Crippen LogP contribution is 2.23. The molecule has 104 valence electrons. The van der Waals surface area contributed by atoms with E-state index in [9.17, 15) is 4.79 Å². The Morgan fingerprint density at radius 3 is 2.71 bits per heavy atom. The number of para-hydroxylation sites is 2. The van der Waals surface area contributed by atoms with Gasteiger partial charge in [-0.3, -0.25) is 10.3 Å². The molecular formula is C17H14N2O2. The van der Waals surface area contributed by atoms with Crippen LogP contribution in [0, 0.1) is 6.92 Å². The third-order valence-corrected chi connectivity index (χ3v) is 3.18. The maximum absolute atomic E-state index is 12.0. The van der Waals surface area contributed by atoms with Gasteiger partial charge in [-0.25, -0.2) is 4.79 Å². The van der Waals surface area contributed by atoms with Crippen molar-refractivity contribution in [3.8, 4) is 5.75 Å². The minimum Gasteiger partial charge on any atom is -0.408 e. The summed E-state index contributed by atoms with van der Waals surface area (Å²) in [4.78, 5) is 16.3. The van der Waals surface area contributed by atoms with E-state index in [-0.39, 0.29) is 0 Å². The molecule has 1 heterocycles. The number of fused-ring (bicyclic) bond motifs is 1. The normalized spacial score (nSPS) is 10.3. The smallest absolute Gasteiger partial charge is 0.408 e. The van der Waals surface area contributed by atoms with Gasteiger partial charge in [-0.2, -0.15) is 0 Å². The number of carbonyl (C=O) groups excluding carboxylic acids is 1. The number of anilines is 1. The number of ether oxygens (including phenoxy) is 1. The molecule has 1 aromatic heterocycles. The van der Waals surface area contributed by atoms with E-state index in [1.54, 1.807) is 12.3 Å². The molecule has 0 aliphatic rings. The molecule has 0 saturated heterocycles. The molecule has 1 N–H and O–H groups in total. The fourth-order valence-electron chi connectivity index (χ4n) is 2.11. The first-order chi connectivity index (χ1) is 10.2. The van der Waals surface area contributed by atoms with Crippen LogP contribution in [0.3, 0.4) is 0 Å². The molecule has 0 fully saturated rings. The average molecular weight is 278 g/mol. The van der Waals surface area contributed by atoms with Gasteiger partial charge in [0, 0.05) is 17.3 Å². The highest BCUT2D eigenvalue weighted by atomic mass is 16.6. The van der Waals surface area contributed by atoms with Crippen LogP contribution in [0.4, 0.5) is 10.5 Å². The van der Waals surface area contributed by atoms with E-state index in [1.165, 1.54) is 0 Å². The number of hydrogen-bond donors (Lipinski definition) is 1. The quantitative estimate of drug-likeness (QED) is 0.766. The lowest BCUT2D eigenvalue weighted by atomic mass is 10.2. The Balaban J connectivity index is 1.82. The predicted octanol–water partition coefficient (Wildman–Crippen LogP) is 4.15. The van der Waals surface area contributed by atoms with Gasteiger partial charge >= 0.3 is 6.09 Å². The van der Waals surface area contributed by atoms with Crippen molar-refractivity contribution < 1.29 is 9.53 Å². The minimum atomic E-state index is -0.526. The van der Waals surface area contributed by atoms with Crippen molar-refractivity contribution >= 4 is 22.7 Å². The molecule has 4 heteroatoms. The zero-order valence-electron chi connectivity index (χ0n) is 11.5. The number of pyridine rings is 1. The Hall–Kier alpha value is -2.88. The molecule has 0 aliphatic carbocycles. The number of benzene rings is 2. The van der Waals surface area contributed by atoms with Gasteiger partial charge in [0.2, 0.25) is 0 Å². The maximum atomic E-state index is 12.0. The Morgan fingerprint density at radius 1 is 1.05 bits per heavy atom. The topological polar surface area (TPSA) is 51.2 Å². The van der Waals surface area contributed by atoms with Crippen LogP contribution in [0.2, 0.25) is 0 Å². The van der Waals surface area contributed by atoms with Crippen LogP contribution < -0.4 is 10.1 Å². The third-order valence-electron chi connectivity index (χ3n) is 3.18. The number of nitrogens with one attached hydrogen (secondary N) is 1. The zero-order valence-corrected chi connectivity index (χ0v) is 11.5. The van der Waals surface area contributed by atoms with Gasteiger partial charge in [0.15, 0.2) is 5.75 Å². The first kappa shape index (κ1) is 13.1. The van der Waals surface area contributed by atoms with Gasteiger partial charge in [-0.1, -0.05) is 36.4 Å². The van der Waals surface area contributed by atoms with Gasteiger partial charge in [0.05, 0.1) is 0 Å². The number of nitrogens with zero attached hydrogens (tertiary/aromatic N) is 1. The summed E-state index contributed by atoms with van der Waals surface area (Å²) in [6, 6.07) is 16.8. The molecule has 0 unspecified atom stereocenters. The van der Waals surface area contributed by atoms with Crippen molar-refractivity contribution in [2.24, 2.45) is 0 Å². The molecule has 21 heavy (non-hydrogen) atoms. The molecule has 0 atom stereocenters. The summed E-state index contributed by atoms with van der Waals surface area (Å²) in [6.07, 6.45) is 1.15. The van der Waals surface area contributed by atoms with Crippen LogP contribution in [0.1, 0.15) is 5.56 Å². The van der Waals surface area contributed by atoms with Crippen LogP contribution in [-0.2, 0) is 0 Å².